The summed E-state index contributed by atoms with van der Waals surface area (Å²) in [4.78, 5) is 9.63. The van der Waals surface area contributed by atoms with Gasteiger partial charge in [-0.3, -0.25) is 5.32 Å². The highest BCUT2D eigenvalue weighted by molar-refractivity contribution is 5.85. The zero-order valence-corrected chi connectivity index (χ0v) is 6.32. The summed E-state index contributed by atoms with van der Waals surface area (Å²) in [5.74, 6) is 1.56. The maximum atomic E-state index is 9.63. The molecular formula is C6H10ClNO2. The molecule has 1 N–H and O–H groups in total. The smallest absolute Gasteiger partial charge is 0.169 e. The molecule has 3 nitrogen and oxygen atoms in total. The van der Waals surface area contributed by atoms with Gasteiger partial charge in [0.2, 0.25) is 0 Å². The highest BCUT2D eigenvalue weighted by Crippen LogP contribution is 2.04. The molecule has 0 spiro atoms. The summed E-state index contributed by atoms with van der Waals surface area (Å²) in [6.07, 6.45) is 3.21. The first-order valence-corrected chi connectivity index (χ1v) is 3.01. The number of nitrogens with one attached hydrogen (secondary N) is 1. The number of ether oxygens (including phenoxy) is 1. The lowest BCUT2D eigenvalue weighted by Gasteiger charge is -2.06. The van der Waals surface area contributed by atoms with Gasteiger partial charge in [0.15, 0.2) is 12.2 Å². The van der Waals surface area contributed by atoms with Crippen molar-refractivity contribution in [1.29, 1.82) is 0 Å². The molecule has 10 heavy (non-hydrogen) atoms. The minimum absolute atomic E-state index is 0. The van der Waals surface area contributed by atoms with E-state index in [-0.39, 0.29) is 18.6 Å². The fourth-order valence-electron chi connectivity index (χ4n) is 0.879. The van der Waals surface area contributed by atoms with Crippen LogP contribution in [0.15, 0.2) is 6.26 Å². The van der Waals surface area contributed by atoms with Crippen LogP contribution in [0.5, 0.6) is 0 Å². The molecule has 0 unspecified atom stereocenters. The largest absolute Gasteiger partial charge is 0.471 e. The van der Waals surface area contributed by atoms with Gasteiger partial charge in [0, 0.05) is 0 Å². The van der Waals surface area contributed by atoms with Gasteiger partial charge in [-0.2, -0.15) is 0 Å². The Labute approximate surface area is 65.8 Å². The summed E-state index contributed by atoms with van der Waals surface area (Å²) in [5, 5.41) is 3.06. The average Bonchev–Trinajstić information content (AvgIpc) is 2.34. The molecule has 0 bridgehead atoms. The van der Waals surface area contributed by atoms with E-state index in [0.717, 1.165) is 25.6 Å². The van der Waals surface area contributed by atoms with Gasteiger partial charge in [0.05, 0.1) is 0 Å². The monoisotopic (exact) mass is 163 g/mol. The summed E-state index contributed by atoms with van der Waals surface area (Å²) < 4.78 is 4.89. The van der Waals surface area contributed by atoms with Crippen molar-refractivity contribution >= 4 is 18.3 Å². The van der Waals surface area contributed by atoms with Crippen LogP contribution in [0, 0.1) is 0 Å². The molecule has 0 amide bonds. The minimum atomic E-state index is 0. The van der Waals surface area contributed by atoms with Gasteiger partial charge in [-0.05, 0) is 19.4 Å². The third-order valence-electron chi connectivity index (χ3n) is 1.30. The Bertz CT molecular complexity index is 128. The number of hydrogen-bond donors (Lipinski definition) is 1. The van der Waals surface area contributed by atoms with Gasteiger partial charge in [-0.15, -0.1) is 12.4 Å². The van der Waals surface area contributed by atoms with Gasteiger partial charge in [0.1, 0.15) is 6.23 Å². The second kappa shape index (κ2) is 5.30. The molecule has 1 saturated heterocycles. The predicted molar refractivity (Wildman–Crippen MR) is 39.6 cm³/mol. The average molecular weight is 164 g/mol. The maximum Gasteiger partial charge on any atom is 0.169 e. The Morgan fingerprint density at radius 2 is 2.50 bits per heavy atom. The van der Waals surface area contributed by atoms with Crippen LogP contribution in [-0.4, -0.2) is 18.7 Å². The van der Waals surface area contributed by atoms with Crippen molar-refractivity contribution in [2.45, 2.75) is 19.1 Å². The van der Waals surface area contributed by atoms with E-state index in [0.29, 0.717) is 0 Å². The molecule has 4 heteroatoms. The van der Waals surface area contributed by atoms with Crippen LogP contribution < -0.4 is 5.32 Å². The number of rotatable bonds is 2. The van der Waals surface area contributed by atoms with Crippen LogP contribution in [0.25, 0.3) is 0 Å². The topological polar surface area (TPSA) is 38.3 Å². The van der Waals surface area contributed by atoms with Crippen molar-refractivity contribution in [3.8, 4) is 0 Å². The Morgan fingerprint density at radius 1 is 1.70 bits per heavy atom. The molecule has 58 valence electrons. The molecule has 0 aliphatic carbocycles. The zero-order chi connectivity index (χ0) is 6.53. The van der Waals surface area contributed by atoms with Crippen LogP contribution in [0.1, 0.15) is 12.8 Å². The second-order valence-corrected chi connectivity index (χ2v) is 1.96. The van der Waals surface area contributed by atoms with Crippen molar-refractivity contribution in [3.63, 3.8) is 0 Å². The highest BCUT2D eigenvalue weighted by Gasteiger charge is 2.12. The molecule has 1 heterocycles. The summed E-state index contributed by atoms with van der Waals surface area (Å²) in [6.45, 7) is 0.983. The number of carbonyl (C=O) groups excluding carboxylic acids is 1. The fourth-order valence-corrected chi connectivity index (χ4v) is 0.879. The van der Waals surface area contributed by atoms with Crippen LogP contribution in [-0.2, 0) is 9.53 Å². The minimum Gasteiger partial charge on any atom is -0.471 e. The third-order valence-corrected chi connectivity index (χ3v) is 1.30. The fraction of sp³-hybridized carbons (Fsp3) is 0.667. The Kier molecular flexibility index (Phi) is 5.03. The van der Waals surface area contributed by atoms with Crippen molar-refractivity contribution in [3.05, 3.63) is 6.26 Å². The van der Waals surface area contributed by atoms with Gasteiger partial charge < -0.3 is 4.74 Å². The molecule has 0 radical (unpaired) electrons. The van der Waals surface area contributed by atoms with Crippen molar-refractivity contribution in [2.75, 3.05) is 6.54 Å². The molecule has 1 rings (SSSR count). The lowest BCUT2D eigenvalue weighted by Crippen LogP contribution is -2.22. The van der Waals surface area contributed by atoms with Gasteiger partial charge in [-0.25, -0.2) is 4.79 Å². The van der Waals surface area contributed by atoms with E-state index in [1.54, 1.807) is 5.94 Å². The lowest BCUT2D eigenvalue weighted by molar-refractivity contribution is 0.133. The Hall–Kier alpha value is -0.500. The van der Waals surface area contributed by atoms with E-state index < -0.39 is 0 Å². The van der Waals surface area contributed by atoms with Gasteiger partial charge >= 0.3 is 0 Å². The van der Waals surface area contributed by atoms with E-state index in [1.807, 2.05) is 0 Å². The molecule has 0 aromatic rings. The first-order valence-electron chi connectivity index (χ1n) is 3.01. The van der Waals surface area contributed by atoms with Gasteiger partial charge in [-0.1, -0.05) is 0 Å². The van der Waals surface area contributed by atoms with E-state index in [9.17, 15) is 4.79 Å². The third kappa shape index (κ3) is 2.87. The first-order chi connectivity index (χ1) is 4.43. The van der Waals surface area contributed by atoms with E-state index in [2.05, 4.69) is 5.32 Å². The normalized spacial score (nSPS) is 22.6. The van der Waals surface area contributed by atoms with E-state index in [4.69, 9.17) is 4.74 Å². The standard InChI is InChI=1S/C6H9NO2.ClH/c8-4-5-9-6-2-1-3-7-6;/h5-7H,1-3H2;1H/t6-;/m0./s1. The van der Waals surface area contributed by atoms with Crippen LogP contribution >= 0.6 is 12.4 Å². The highest BCUT2D eigenvalue weighted by atomic mass is 35.5. The molecule has 0 aromatic carbocycles. The molecule has 0 aromatic heterocycles. The van der Waals surface area contributed by atoms with Gasteiger partial charge in [0.25, 0.3) is 0 Å². The molecule has 1 aliphatic rings. The quantitative estimate of drug-likeness (QED) is 0.476. The zero-order valence-electron chi connectivity index (χ0n) is 5.50. The first kappa shape index (κ1) is 9.50. The van der Waals surface area contributed by atoms with Crippen LogP contribution in [0.2, 0.25) is 0 Å². The second-order valence-electron chi connectivity index (χ2n) is 1.96. The SMILES string of the molecule is Cl.O=C=CO[C@H]1CCCN1. The predicted octanol–water partition coefficient (Wildman–Crippen LogP) is 0.480. The van der Waals surface area contributed by atoms with E-state index in [1.165, 1.54) is 0 Å². The Balaban J connectivity index is 0.000000810. The van der Waals surface area contributed by atoms with Crippen LogP contribution in [0.3, 0.4) is 0 Å². The number of halogens is 1. The summed E-state index contributed by atoms with van der Waals surface area (Å²) in [5.41, 5.74) is 0. The lowest BCUT2D eigenvalue weighted by atomic mass is 10.4. The molecule has 1 fully saturated rings. The molecular weight excluding hydrogens is 154 g/mol. The molecule has 0 saturated carbocycles. The van der Waals surface area contributed by atoms with Crippen molar-refractivity contribution in [2.24, 2.45) is 0 Å². The molecule has 1 atom stereocenters. The summed E-state index contributed by atoms with van der Waals surface area (Å²) >= 11 is 0. The maximum absolute atomic E-state index is 9.63. The number of hydrogen-bond acceptors (Lipinski definition) is 3. The Morgan fingerprint density at radius 3 is 3.00 bits per heavy atom. The van der Waals surface area contributed by atoms with Crippen LogP contribution in [0.4, 0.5) is 0 Å². The summed E-state index contributed by atoms with van der Waals surface area (Å²) in [6, 6.07) is 0. The summed E-state index contributed by atoms with van der Waals surface area (Å²) in [7, 11) is 0. The van der Waals surface area contributed by atoms with E-state index >= 15 is 0 Å². The molecule has 1 aliphatic heterocycles. The van der Waals surface area contributed by atoms with Crippen molar-refractivity contribution in [1.82, 2.24) is 5.32 Å². The van der Waals surface area contributed by atoms with Crippen molar-refractivity contribution < 1.29 is 9.53 Å².